The first-order chi connectivity index (χ1) is 12.1. The van der Waals surface area contributed by atoms with Gasteiger partial charge in [0.05, 0.1) is 13.0 Å². The molecule has 0 atom stereocenters. The molecular formula is C21H33NO3. The van der Waals surface area contributed by atoms with Gasteiger partial charge in [-0.15, -0.1) is 0 Å². The number of nitrogens with one attached hydrogen (secondary N) is 1. The van der Waals surface area contributed by atoms with Crippen LogP contribution in [0.15, 0.2) is 24.3 Å². The van der Waals surface area contributed by atoms with Crippen molar-refractivity contribution in [3.05, 3.63) is 35.4 Å². The minimum atomic E-state index is -0.243. The van der Waals surface area contributed by atoms with Crippen LogP contribution < -0.4 is 5.32 Å². The third-order valence-corrected chi connectivity index (χ3v) is 4.19. The lowest BCUT2D eigenvalue weighted by molar-refractivity contribution is -0.143. The highest BCUT2D eigenvalue weighted by Gasteiger charge is 2.07. The third kappa shape index (κ3) is 10.6. The molecule has 0 saturated heterocycles. The minimum Gasteiger partial charge on any atom is -0.466 e. The Hall–Kier alpha value is -1.84. The zero-order chi connectivity index (χ0) is 18.3. The molecule has 0 fully saturated rings. The van der Waals surface area contributed by atoms with Gasteiger partial charge < -0.3 is 10.1 Å². The maximum absolute atomic E-state index is 11.9. The number of hydrogen-bond donors (Lipinski definition) is 1. The van der Waals surface area contributed by atoms with E-state index in [1.807, 2.05) is 19.1 Å². The average Bonchev–Trinajstić information content (AvgIpc) is 2.61. The van der Waals surface area contributed by atoms with Gasteiger partial charge in [-0.25, -0.2) is 0 Å². The molecule has 1 aromatic carbocycles. The third-order valence-electron chi connectivity index (χ3n) is 4.19. The van der Waals surface area contributed by atoms with Crippen molar-refractivity contribution in [2.24, 2.45) is 0 Å². The van der Waals surface area contributed by atoms with Crippen LogP contribution in [0.3, 0.4) is 0 Å². The molecule has 0 bridgehead atoms. The molecule has 1 N–H and O–H groups in total. The Morgan fingerprint density at radius 3 is 2.16 bits per heavy atom. The molecule has 25 heavy (non-hydrogen) atoms. The summed E-state index contributed by atoms with van der Waals surface area (Å²) >= 11 is 0. The molecule has 1 rings (SSSR count). The monoisotopic (exact) mass is 347 g/mol. The summed E-state index contributed by atoms with van der Waals surface area (Å²) in [5.41, 5.74) is 1.72. The molecule has 1 aromatic rings. The number of rotatable bonds is 13. The zero-order valence-corrected chi connectivity index (χ0v) is 15.8. The van der Waals surface area contributed by atoms with Crippen molar-refractivity contribution in [1.82, 2.24) is 5.32 Å². The van der Waals surface area contributed by atoms with Crippen LogP contribution in [0.4, 0.5) is 0 Å². The number of esters is 1. The molecular weight excluding hydrogens is 314 g/mol. The second kappa shape index (κ2) is 13.5. The van der Waals surface area contributed by atoms with Gasteiger partial charge in [0, 0.05) is 12.1 Å². The lowest BCUT2D eigenvalue weighted by atomic mass is 10.1. The summed E-state index contributed by atoms with van der Waals surface area (Å²) in [4.78, 5) is 23.5. The fraction of sp³-hybridized carbons (Fsp3) is 0.619. The Morgan fingerprint density at radius 1 is 0.920 bits per heavy atom. The van der Waals surface area contributed by atoms with Crippen LogP contribution in [0.2, 0.25) is 0 Å². The molecule has 0 spiro atoms. The second-order valence-corrected chi connectivity index (χ2v) is 6.57. The molecule has 0 aromatic heterocycles. The molecule has 0 heterocycles. The highest BCUT2D eigenvalue weighted by molar-refractivity contribution is 5.94. The Kier molecular flexibility index (Phi) is 11.4. The van der Waals surface area contributed by atoms with Gasteiger partial charge in [-0.1, -0.05) is 69.6 Å². The highest BCUT2D eigenvalue weighted by atomic mass is 16.5. The largest absolute Gasteiger partial charge is 0.466 e. The standard InChI is InChI=1S/C21H33NO3/c1-3-4-5-6-7-8-9-10-17-25-20(23)15-16-22-21(24)19-13-11-18(2)12-14-19/h11-14H,3-10,15-17H2,1-2H3,(H,22,24). The van der Waals surface area contributed by atoms with Crippen molar-refractivity contribution in [1.29, 1.82) is 0 Å². The molecule has 0 aliphatic rings. The molecule has 0 radical (unpaired) electrons. The Morgan fingerprint density at radius 2 is 1.52 bits per heavy atom. The van der Waals surface area contributed by atoms with Crippen molar-refractivity contribution in [2.45, 2.75) is 71.6 Å². The Bertz CT molecular complexity index is 496. The first-order valence-electron chi connectivity index (χ1n) is 9.64. The number of benzene rings is 1. The second-order valence-electron chi connectivity index (χ2n) is 6.57. The summed E-state index contributed by atoms with van der Waals surface area (Å²) in [6.45, 7) is 5.00. The first kappa shape index (κ1) is 21.2. The number of carbonyl (C=O) groups excluding carboxylic acids is 2. The van der Waals surface area contributed by atoms with Gasteiger partial charge >= 0.3 is 5.97 Å². The molecule has 0 saturated carbocycles. The molecule has 0 aliphatic heterocycles. The first-order valence-corrected chi connectivity index (χ1v) is 9.64. The molecule has 4 heteroatoms. The fourth-order valence-electron chi connectivity index (χ4n) is 2.58. The van der Waals surface area contributed by atoms with Crippen molar-refractivity contribution in [3.63, 3.8) is 0 Å². The molecule has 140 valence electrons. The SMILES string of the molecule is CCCCCCCCCCOC(=O)CCNC(=O)c1ccc(C)cc1. The summed E-state index contributed by atoms with van der Waals surface area (Å²) < 4.78 is 5.20. The van der Waals surface area contributed by atoms with E-state index in [1.54, 1.807) is 12.1 Å². The fourth-order valence-corrected chi connectivity index (χ4v) is 2.58. The van der Waals surface area contributed by atoms with Crippen molar-refractivity contribution >= 4 is 11.9 Å². The van der Waals surface area contributed by atoms with E-state index >= 15 is 0 Å². The molecule has 0 aliphatic carbocycles. The Balaban J connectivity index is 1.98. The predicted molar refractivity (Wildman–Crippen MR) is 102 cm³/mol. The van der Waals surface area contributed by atoms with Crippen molar-refractivity contribution in [2.75, 3.05) is 13.2 Å². The van der Waals surface area contributed by atoms with Crippen LogP contribution >= 0.6 is 0 Å². The number of carbonyl (C=O) groups is 2. The summed E-state index contributed by atoms with van der Waals surface area (Å²) in [5, 5.41) is 2.74. The van der Waals surface area contributed by atoms with E-state index in [9.17, 15) is 9.59 Å². The van der Waals surface area contributed by atoms with E-state index in [-0.39, 0.29) is 18.3 Å². The van der Waals surface area contributed by atoms with Gasteiger partial charge in [0.2, 0.25) is 0 Å². The summed E-state index contributed by atoms with van der Waals surface area (Å²) in [6.07, 6.45) is 10.0. The molecule has 0 unspecified atom stereocenters. The van der Waals surface area contributed by atoms with E-state index in [4.69, 9.17) is 4.74 Å². The van der Waals surface area contributed by atoms with Gasteiger partial charge in [-0.05, 0) is 25.5 Å². The highest BCUT2D eigenvalue weighted by Crippen LogP contribution is 2.08. The number of ether oxygens (including phenoxy) is 1. The number of unbranched alkanes of at least 4 members (excludes halogenated alkanes) is 7. The quantitative estimate of drug-likeness (QED) is 0.412. The van der Waals surface area contributed by atoms with Crippen LogP contribution in [0.5, 0.6) is 0 Å². The summed E-state index contributed by atoms with van der Waals surface area (Å²) in [7, 11) is 0. The summed E-state index contributed by atoms with van der Waals surface area (Å²) in [6, 6.07) is 7.36. The average molecular weight is 347 g/mol. The van der Waals surface area contributed by atoms with E-state index in [1.165, 1.54) is 38.5 Å². The summed E-state index contributed by atoms with van der Waals surface area (Å²) in [5.74, 6) is -0.400. The smallest absolute Gasteiger partial charge is 0.307 e. The van der Waals surface area contributed by atoms with Crippen LogP contribution in [0, 0.1) is 6.92 Å². The van der Waals surface area contributed by atoms with Crippen LogP contribution in [-0.2, 0) is 9.53 Å². The zero-order valence-electron chi connectivity index (χ0n) is 15.8. The maximum atomic E-state index is 11.9. The van der Waals surface area contributed by atoms with E-state index < -0.39 is 0 Å². The van der Waals surface area contributed by atoms with Gasteiger partial charge in [-0.3, -0.25) is 9.59 Å². The lowest BCUT2D eigenvalue weighted by Gasteiger charge is -2.07. The topological polar surface area (TPSA) is 55.4 Å². The molecule has 1 amide bonds. The number of amides is 1. The van der Waals surface area contributed by atoms with Gasteiger partial charge in [0.25, 0.3) is 5.91 Å². The van der Waals surface area contributed by atoms with Crippen LogP contribution in [-0.4, -0.2) is 25.0 Å². The van der Waals surface area contributed by atoms with Crippen LogP contribution in [0.1, 0.15) is 80.6 Å². The van der Waals surface area contributed by atoms with Gasteiger partial charge in [-0.2, -0.15) is 0 Å². The maximum Gasteiger partial charge on any atom is 0.307 e. The van der Waals surface area contributed by atoms with Crippen molar-refractivity contribution in [3.8, 4) is 0 Å². The number of hydrogen-bond acceptors (Lipinski definition) is 3. The normalized spacial score (nSPS) is 10.5. The van der Waals surface area contributed by atoms with Crippen LogP contribution in [0.25, 0.3) is 0 Å². The van der Waals surface area contributed by atoms with Crippen molar-refractivity contribution < 1.29 is 14.3 Å². The molecule has 4 nitrogen and oxygen atoms in total. The van der Waals surface area contributed by atoms with E-state index in [2.05, 4.69) is 12.2 Å². The van der Waals surface area contributed by atoms with Gasteiger partial charge in [0.1, 0.15) is 0 Å². The lowest BCUT2D eigenvalue weighted by Crippen LogP contribution is -2.26. The minimum absolute atomic E-state index is 0.157. The number of aryl methyl sites for hydroxylation is 1. The van der Waals surface area contributed by atoms with E-state index in [0.29, 0.717) is 18.7 Å². The predicted octanol–water partition coefficient (Wildman–Crippen LogP) is 4.80. The Labute approximate surface area is 152 Å². The van der Waals surface area contributed by atoms with Gasteiger partial charge in [0.15, 0.2) is 0 Å². The van der Waals surface area contributed by atoms with E-state index in [0.717, 1.165) is 18.4 Å².